The Hall–Kier alpha value is -1.13. The number of anilines is 1. The van der Waals surface area contributed by atoms with Crippen LogP contribution in [0.15, 0.2) is 18.2 Å². The number of nitrogen functional groups attached to an aromatic ring is 1. The van der Waals surface area contributed by atoms with E-state index in [1.54, 1.807) is 13.2 Å². The molecule has 14 heavy (non-hydrogen) atoms. The molecule has 4 heteroatoms. The molecule has 1 aromatic rings. The molecule has 0 saturated carbocycles. The lowest BCUT2D eigenvalue weighted by atomic mass is 10.2. The van der Waals surface area contributed by atoms with Gasteiger partial charge in [-0.1, -0.05) is 6.07 Å². The van der Waals surface area contributed by atoms with Crippen molar-refractivity contribution in [2.75, 3.05) is 26.1 Å². The summed E-state index contributed by atoms with van der Waals surface area (Å²) < 4.78 is 22.7. The third kappa shape index (κ3) is 3.32. The van der Waals surface area contributed by atoms with Crippen molar-refractivity contribution >= 4 is 5.69 Å². The highest BCUT2D eigenvalue weighted by Crippen LogP contribution is 2.14. The van der Waals surface area contributed by atoms with Gasteiger partial charge in [-0.25, -0.2) is 4.39 Å². The molecule has 0 amide bonds. The van der Waals surface area contributed by atoms with Crippen molar-refractivity contribution in [2.45, 2.75) is 6.61 Å². The van der Waals surface area contributed by atoms with Gasteiger partial charge in [-0.2, -0.15) is 0 Å². The monoisotopic (exact) mass is 199 g/mol. The molecule has 0 aliphatic rings. The van der Waals surface area contributed by atoms with E-state index < -0.39 is 0 Å². The second-order valence-electron chi connectivity index (χ2n) is 2.89. The van der Waals surface area contributed by atoms with Gasteiger partial charge in [0.1, 0.15) is 5.82 Å². The summed E-state index contributed by atoms with van der Waals surface area (Å²) >= 11 is 0. The molecule has 78 valence electrons. The van der Waals surface area contributed by atoms with Crippen molar-refractivity contribution in [3.8, 4) is 0 Å². The van der Waals surface area contributed by atoms with Gasteiger partial charge in [-0.05, 0) is 12.1 Å². The van der Waals surface area contributed by atoms with Gasteiger partial charge in [0, 0.05) is 18.4 Å². The summed E-state index contributed by atoms with van der Waals surface area (Å²) in [4.78, 5) is 0. The summed E-state index contributed by atoms with van der Waals surface area (Å²) in [6.07, 6.45) is 0. The Morgan fingerprint density at radius 1 is 1.36 bits per heavy atom. The molecule has 0 heterocycles. The molecule has 0 aliphatic heterocycles. The molecule has 0 radical (unpaired) electrons. The molecular formula is C10H14FNO2. The van der Waals surface area contributed by atoms with E-state index in [-0.39, 0.29) is 5.82 Å². The molecule has 1 rings (SSSR count). The average Bonchev–Trinajstić information content (AvgIpc) is 2.15. The number of methoxy groups -OCH3 is 1. The van der Waals surface area contributed by atoms with Crippen molar-refractivity contribution in [1.29, 1.82) is 0 Å². The molecule has 0 saturated heterocycles. The van der Waals surface area contributed by atoms with Crippen molar-refractivity contribution in [3.05, 3.63) is 29.6 Å². The van der Waals surface area contributed by atoms with Gasteiger partial charge in [0.05, 0.1) is 19.8 Å². The Morgan fingerprint density at radius 2 is 2.14 bits per heavy atom. The van der Waals surface area contributed by atoms with Crippen molar-refractivity contribution in [2.24, 2.45) is 0 Å². The van der Waals surface area contributed by atoms with Crippen LogP contribution in [-0.2, 0) is 16.1 Å². The fourth-order valence-corrected chi connectivity index (χ4v) is 1.02. The molecule has 0 atom stereocenters. The lowest BCUT2D eigenvalue weighted by molar-refractivity contribution is 0.0619. The van der Waals surface area contributed by atoms with E-state index in [0.717, 1.165) is 5.56 Å². The smallest absolute Gasteiger partial charge is 0.125 e. The molecular weight excluding hydrogens is 185 g/mol. The summed E-state index contributed by atoms with van der Waals surface area (Å²) in [6, 6.07) is 4.28. The molecule has 0 spiro atoms. The highest BCUT2D eigenvalue weighted by atomic mass is 19.1. The molecule has 0 aromatic heterocycles. The normalized spacial score (nSPS) is 10.4. The number of benzene rings is 1. The molecule has 0 aliphatic carbocycles. The highest BCUT2D eigenvalue weighted by molar-refractivity contribution is 5.46. The first-order chi connectivity index (χ1) is 6.74. The van der Waals surface area contributed by atoms with E-state index in [0.29, 0.717) is 25.5 Å². The Labute approximate surface area is 82.6 Å². The minimum absolute atomic E-state index is 0.330. The maximum Gasteiger partial charge on any atom is 0.125 e. The van der Waals surface area contributed by atoms with Gasteiger partial charge in [-0.15, -0.1) is 0 Å². The molecule has 0 fully saturated rings. The zero-order valence-corrected chi connectivity index (χ0v) is 8.13. The van der Waals surface area contributed by atoms with Gasteiger partial charge in [-0.3, -0.25) is 0 Å². The van der Waals surface area contributed by atoms with Crippen molar-refractivity contribution < 1.29 is 13.9 Å². The zero-order valence-electron chi connectivity index (χ0n) is 8.13. The van der Waals surface area contributed by atoms with Gasteiger partial charge in [0.2, 0.25) is 0 Å². The predicted octanol–water partition coefficient (Wildman–Crippen LogP) is 1.57. The Balaban J connectivity index is 2.42. The van der Waals surface area contributed by atoms with E-state index >= 15 is 0 Å². The van der Waals surface area contributed by atoms with E-state index in [1.807, 2.05) is 0 Å². The third-order valence-corrected chi connectivity index (χ3v) is 1.80. The maximum atomic E-state index is 12.6. The van der Waals surface area contributed by atoms with Crippen LogP contribution in [0.5, 0.6) is 0 Å². The second kappa shape index (κ2) is 5.57. The summed E-state index contributed by atoms with van der Waals surface area (Å²) in [5, 5.41) is 0. The SMILES string of the molecule is COCCOCc1ccc(F)cc1N. The van der Waals surface area contributed by atoms with Crippen molar-refractivity contribution in [3.63, 3.8) is 0 Å². The number of ether oxygens (including phenoxy) is 2. The Kier molecular flexibility index (Phi) is 4.35. The number of nitrogens with two attached hydrogens (primary N) is 1. The minimum atomic E-state index is -0.330. The van der Waals surface area contributed by atoms with Crippen LogP contribution in [0.1, 0.15) is 5.56 Å². The second-order valence-corrected chi connectivity index (χ2v) is 2.89. The van der Waals surface area contributed by atoms with Gasteiger partial charge >= 0.3 is 0 Å². The Morgan fingerprint density at radius 3 is 2.79 bits per heavy atom. The van der Waals surface area contributed by atoms with Crippen LogP contribution in [0, 0.1) is 5.82 Å². The summed E-state index contributed by atoms with van der Waals surface area (Å²) in [6.45, 7) is 1.43. The van der Waals surface area contributed by atoms with Crippen molar-refractivity contribution in [1.82, 2.24) is 0 Å². The topological polar surface area (TPSA) is 44.5 Å². The van der Waals surface area contributed by atoms with Crippen LogP contribution in [-0.4, -0.2) is 20.3 Å². The van der Waals surface area contributed by atoms with E-state index in [4.69, 9.17) is 15.2 Å². The molecule has 2 N–H and O–H groups in total. The number of hydrogen-bond donors (Lipinski definition) is 1. The number of hydrogen-bond acceptors (Lipinski definition) is 3. The minimum Gasteiger partial charge on any atom is -0.398 e. The number of halogens is 1. The standard InChI is InChI=1S/C10H14FNO2/c1-13-4-5-14-7-8-2-3-9(11)6-10(8)12/h2-3,6H,4-5,7,12H2,1H3. The summed E-state index contributed by atoms with van der Waals surface area (Å²) in [7, 11) is 1.61. The lowest BCUT2D eigenvalue weighted by Gasteiger charge is -2.06. The van der Waals surface area contributed by atoms with Crippen LogP contribution in [0.2, 0.25) is 0 Å². The van der Waals surface area contributed by atoms with Gasteiger partial charge in [0.25, 0.3) is 0 Å². The first kappa shape index (κ1) is 10.9. The lowest BCUT2D eigenvalue weighted by Crippen LogP contribution is -2.03. The number of rotatable bonds is 5. The third-order valence-electron chi connectivity index (χ3n) is 1.80. The maximum absolute atomic E-state index is 12.6. The average molecular weight is 199 g/mol. The summed E-state index contributed by atoms with van der Waals surface area (Å²) in [5.74, 6) is -0.330. The fourth-order valence-electron chi connectivity index (χ4n) is 1.02. The molecule has 1 aromatic carbocycles. The van der Waals surface area contributed by atoms with Crippen LogP contribution >= 0.6 is 0 Å². The largest absolute Gasteiger partial charge is 0.398 e. The van der Waals surface area contributed by atoms with Crippen LogP contribution < -0.4 is 5.73 Å². The van der Waals surface area contributed by atoms with Crippen LogP contribution in [0.4, 0.5) is 10.1 Å². The molecule has 0 unspecified atom stereocenters. The van der Waals surface area contributed by atoms with Crippen LogP contribution in [0.3, 0.4) is 0 Å². The fraction of sp³-hybridized carbons (Fsp3) is 0.400. The molecule has 3 nitrogen and oxygen atoms in total. The summed E-state index contributed by atoms with van der Waals surface area (Å²) in [5.41, 5.74) is 6.80. The first-order valence-electron chi connectivity index (χ1n) is 4.34. The first-order valence-corrected chi connectivity index (χ1v) is 4.34. The van der Waals surface area contributed by atoms with Crippen LogP contribution in [0.25, 0.3) is 0 Å². The van der Waals surface area contributed by atoms with E-state index in [2.05, 4.69) is 0 Å². The van der Waals surface area contributed by atoms with E-state index in [9.17, 15) is 4.39 Å². The molecule has 0 bridgehead atoms. The Bertz CT molecular complexity index is 291. The van der Waals surface area contributed by atoms with Gasteiger partial charge < -0.3 is 15.2 Å². The highest BCUT2D eigenvalue weighted by Gasteiger charge is 2.00. The quantitative estimate of drug-likeness (QED) is 0.578. The predicted molar refractivity (Wildman–Crippen MR) is 52.3 cm³/mol. The van der Waals surface area contributed by atoms with E-state index in [1.165, 1.54) is 12.1 Å². The zero-order chi connectivity index (χ0) is 10.4. The van der Waals surface area contributed by atoms with Gasteiger partial charge in [0.15, 0.2) is 0 Å².